The molecule has 0 atom stereocenters. The summed E-state index contributed by atoms with van der Waals surface area (Å²) in [4.78, 5) is 2.80. The van der Waals surface area contributed by atoms with Crippen molar-refractivity contribution in [1.29, 1.82) is 0 Å². The second kappa shape index (κ2) is 4.18. The first-order valence-corrected chi connectivity index (χ1v) is 6.52. The lowest BCUT2D eigenvalue weighted by atomic mass is 10.2. The van der Waals surface area contributed by atoms with E-state index in [1.54, 1.807) is 0 Å². The monoisotopic (exact) mass is 320 g/mol. The average molecular weight is 322 g/mol. The Labute approximate surface area is 97.0 Å². The maximum absolute atomic E-state index is 12.5. The first-order valence-electron chi connectivity index (χ1n) is 3.42. The van der Waals surface area contributed by atoms with Crippen LogP contribution in [0.4, 0.5) is 14.5 Å². The molecule has 0 aliphatic heterocycles. The topological polar surface area (TPSA) is 73.1 Å². The Morgan fingerprint density at radius 3 is 2.47 bits per heavy atom. The van der Waals surface area contributed by atoms with Crippen molar-refractivity contribution in [2.45, 2.75) is 11.3 Å². The molecule has 1 rings (SSSR count). The molecule has 1 heterocycles. The quantitative estimate of drug-likeness (QED) is 0.670. The van der Waals surface area contributed by atoms with Crippen LogP contribution in [0.2, 0.25) is 0 Å². The summed E-state index contributed by atoms with van der Waals surface area (Å²) >= 11 is 2.74. The van der Waals surface area contributed by atoms with Crippen molar-refractivity contribution in [3.05, 3.63) is 16.4 Å². The standard InChI is InChI=1S/C6H4BrClF2N2O2S/c7-5-3(6(9)10)4(11)2(1-12-5)15(8,13)14/h1,6H,(H2,11,12). The van der Waals surface area contributed by atoms with E-state index in [4.69, 9.17) is 16.4 Å². The van der Waals surface area contributed by atoms with Crippen molar-refractivity contribution in [2.75, 3.05) is 5.73 Å². The number of nitrogen functional groups attached to an aromatic ring is 1. The maximum Gasteiger partial charge on any atom is 0.268 e. The van der Waals surface area contributed by atoms with Crippen LogP contribution in [-0.2, 0) is 9.05 Å². The Hall–Kier alpha value is -0.470. The van der Waals surface area contributed by atoms with Crippen molar-refractivity contribution in [3.63, 3.8) is 0 Å². The number of nitrogens with two attached hydrogens (primary N) is 1. The molecule has 0 aliphatic rings. The van der Waals surface area contributed by atoms with E-state index >= 15 is 0 Å². The summed E-state index contributed by atoms with van der Waals surface area (Å²) < 4.78 is 46.6. The third kappa shape index (κ3) is 2.56. The molecule has 84 valence electrons. The molecule has 1 aromatic rings. The summed E-state index contributed by atoms with van der Waals surface area (Å²) in [6.45, 7) is 0. The van der Waals surface area contributed by atoms with Crippen LogP contribution < -0.4 is 5.73 Å². The van der Waals surface area contributed by atoms with Gasteiger partial charge in [0.25, 0.3) is 15.5 Å². The van der Waals surface area contributed by atoms with Gasteiger partial charge in [-0.3, -0.25) is 0 Å². The minimum absolute atomic E-state index is 0.209. The largest absolute Gasteiger partial charge is 0.397 e. The highest BCUT2D eigenvalue weighted by molar-refractivity contribution is 9.10. The molecule has 0 amide bonds. The summed E-state index contributed by atoms with van der Waals surface area (Å²) in [6.07, 6.45) is -2.13. The van der Waals surface area contributed by atoms with Crippen molar-refractivity contribution in [1.82, 2.24) is 4.98 Å². The van der Waals surface area contributed by atoms with E-state index in [2.05, 4.69) is 20.9 Å². The van der Waals surface area contributed by atoms with Crippen LogP contribution in [0.15, 0.2) is 15.7 Å². The zero-order valence-corrected chi connectivity index (χ0v) is 10.1. The molecule has 0 unspecified atom stereocenters. The molecular formula is C6H4BrClF2N2O2S. The van der Waals surface area contributed by atoms with Gasteiger partial charge in [0.15, 0.2) is 0 Å². The second-order valence-electron chi connectivity index (χ2n) is 2.48. The molecule has 2 N–H and O–H groups in total. The number of hydrogen-bond donors (Lipinski definition) is 1. The number of aromatic nitrogens is 1. The van der Waals surface area contributed by atoms with Crippen molar-refractivity contribution in [2.24, 2.45) is 0 Å². The van der Waals surface area contributed by atoms with Gasteiger partial charge in [0.2, 0.25) is 0 Å². The lowest BCUT2D eigenvalue weighted by Crippen LogP contribution is -2.05. The van der Waals surface area contributed by atoms with Gasteiger partial charge < -0.3 is 5.73 Å². The lowest BCUT2D eigenvalue weighted by Gasteiger charge is -2.09. The van der Waals surface area contributed by atoms with Crippen LogP contribution in [0.3, 0.4) is 0 Å². The summed E-state index contributed by atoms with van der Waals surface area (Å²) in [5.41, 5.74) is 3.98. The second-order valence-corrected chi connectivity index (χ2v) is 5.76. The first kappa shape index (κ1) is 12.6. The van der Waals surface area contributed by atoms with Crippen molar-refractivity contribution < 1.29 is 17.2 Å². The maximum atomic E-state index is 12.5. The smallest absolute Gasteiger partial charge is 0.268 e. The lowest BCUT2D eigenvalue weighted by molar-refractivity contribution is 0.150. The fraction of sp³-hybridized carbons (Fsp3) is 0.167. The van der Waals surface area contributed by atoms with Gasteiger partial charge in [-0.15, -0.1) is 0 Å². The Morgan fingerprint density at radius 2 is 2.07 bits per heavy atom. The Morgan fingerprint density at radius 1 is 1.53 bits per heavy atom. The minimum Gasteiger partial charge on any atom is -0.397 e. The van der Waals surface area contributed by atoms with Gasteiger partial charge in [-0.25, -0.2) is 22.2 Å². The molecule has 0 radical (unpaired) electrons. The molecule has 1 aromatic heterocycles. The van der Waals surface area contributed by atoms with Gasteiger partial charge in [-0.2, -0.15) is 0 Å². The van der Waals surface area contributed by atoms with Gasteiger partial charge in [0.05, 0.1) is 17.4 Å². The number of pyridine rings is 1. The predicted octanol–water partition coefficient (Wildman–Crippen LogP) is 2.29. The van der Waals surface area contributed by atoms with Crippen LogP contribution in [0.1, 0.15) is 12.0 Å². The predicted molar refractivity (Wildman–Crippen MR) is 54.3 cm³/mol. The highest BCUT2D eigenvalue weighted by Crippen LogP contribution is 2.35. The van der Waals surface area contributed by atoms with E-state index in [-0.39, 0.29) is 4.60 Å². The van der Waals surface area contributed by atoms with E-state index in [9.17, 15) is 17.2 Å². The summed E-state index contributed by atoms with van der Waals surface area (Å²) in [5.74, 6) is 0. The van der Waals surface area contributed by atoms with Gasteiger partial charge in [0, 0.05) is 10.7 Å². The van der Waals surface area contributed by atoms with Crippen LogP contribution >= 0.6 is 26.6 Å². The van der Waals surface area contributed by atoms with E-state index in [1.807, 2.05) is 0 Å². The molecule has 0 aromatic carbocycles. The Balaban J connectivity index is 3.56. The van der Waals surface area contributed by atoms with E-state index in [0.29, 0.717) is 0 Å². The van der Waals surface area contributed by atoms with Crippen molar-refractivity contribution in [3.8, 4) is 0 Å². The number of hydrogen-bond acceptors (Lipinski definition) is 4. The molecule has 0 spiro atoms. The number of nitrogens with zero attached hydrogens (tertiary/aromatic N) is 1. The Bertz CT molecular complexity index is 494. The molecule has 4 nitrogen and oxygen atoms in total. The van der Waals surface area contributed by atoms with E-state index < -0.39 is 31.6 Å². The summed E-state index contributed by atoms with van der Waals surface area (Å²) in [5, 5.41) is 0. The highest BCUT2D eigenvalue weighted by atomic mass is 79.9. The molecule has 0 saturated heterocycles. The van der Waals surface area contributed by atoms with Crippen LogP contribution in [-0.4, -0.2) is 13.4 Å². The van der Waals surface area contributed by atoms with Crippen LogP contribution in [0.5, 0.6) is 0 Å². The zero-order valence-electron chi connectivity index (χ0n) is 6.92. The zero-order chi connectivity index (χ0) is 11.8. The number of rotatable bonds is 2. The molecule has 0 saturated carbocycles. The average Bonchev–Trinajstić information content (AvgIpc) is 2.00. The number of anilines is 1. The SMILES string of the molecule is Nc1c(S(=O)(=O)Cl)cnc(Br)c1C(F)F. The summed E-state index contributed by atoms with van der Waals surface area (Å²) in [6, 6.07) is 0. The fourth-order valence-electron chi connectivity index (χ4n) is 0.900. The van der Waals surface area contributed by atoms with Gasteiger partial charge in [0.1, 0.15) is 9.50 Å². The van der Waals surface area contributed by atoms with Crippen molar-refractivity contribution >= 4 is 41.4 Å². The first-order chi connectivity index (χ1) is 6.75. The summed E-state index contributed by atoms with van der Waals surface area (Å²) in [7, 11) is 0.809. The van der Waals surface area contributed by atoms with Gasteiger partial charge in [-0.1, -0.05) is 0 Å². The molecule has 0 bridgehead atoms. The van der Waals surface area contributed by atoms with Gasteiger partial charge in [-0.05, 0) is 15.9 Å². The molecule has 0 aliphatic carbocycles. The van der Waals surface area contributed by atoms with Gasteiger partial charge >= 0.3 is 0 Å². The molecule has 9 heteroatoms. The number of halogens is 4. The minimum atomic E-state index is -4.18. The van der Waals surface area contributed by atoms with Crippen LogP contribution in [0, 0.1) is 0 Å². The normalized spacial score (nSPS) is 12.1. The highest BCUT2D eigenvalue weighted by Gasteiger charge is 2.24. The molecular weight excluding hydrogens is 317 g/mol. The van der Waals surface area contributed by atoms with E-state index in [0.717, 1.165) is 6.20 Å². The van der Waals surface area contributed by atoms with Crippen LogP contribution in [0.25, 0.3) is 0 Å². The Kier molecular flexibility index (Phi) is 3.51. The fourth-order valence-corrected chi connectivity index (χ4v) is 2.31. The third-order valence-corrected chi connectivity index (χ3v) is 3.54. The third-order valence-electron chi connectivity index (χ3n) is 1.55. The number of alkyl halides is 2. The molecule has 0 fully saturated rings. The van der Waals surface area contributed by atoms with E-state index in [1.165, 1.54) is 0 Å². The molecule has 15 heavy (non-hydrogen) atoms.